The first-order valence-electron chi connectivity index (χ1n) is 9.88. The molecular weight excluding hydrogens is 423 g/mol. The zero-order valence-electron chi connectivity index (χ0n) is 17.7. The van der Waals surface area contributed by atoms with Crippen LogP contribution in [-0.4, -0.2) is 35.9 Å². The molecule has 0 aliphatic rings. The summed E-state index contributed by atoms with van der Waals surface area (Å²) < 4.78 is 5.72. The lowest BCUT2D eigenvalue weighted by molar-refractivity contribution is -0.142. The van der Waals surface area contributed by atoms with Crippen molar-refractivity contribution in [3.8, 4) is 5.75 Å². The smallest absolute Gasteiger partial charge is 0.261 e. The van der Waals surface area contributed by atoms with E-state index < -0.39 is 6.04 Å². The molecule has 162 valence electrons. The highest BCUT2D eigenvalue weighted by molar-refractivity contribution is 6.35. The SMILES string of the molecule is Cc1ccccc1OCC(=O)N(Cc1ccc(Cl)cc1Cl)[C@@H](C)C(=O)NCC(C)C. The number of carbonyl (C=O) groups is 2. The van der Waals surface area contributed by atoms with Gasteiger partial charge < -0.3 is 15.0 Å². The minimum absolute atomic E-state index is 0.169. The molecule has 2 amide bonds. The topological polar surface area (TPSA) is 58.6 Å². The summed E-state index contributed by atoms with van der Waals surface area (Å²) in [6.45, 7) is 8.15. The van der Waals surface area contributed by atoms with Gasteiger partial charge in [-0.15, -0.1) is 0 Å². The molecule has 0 saturated carbocycles. The van der Waals surface area contributed by atoms with Crippen molar-refractivity contribution in [3.63, 3.8) is 0 Å². The lowest BCUT2D eigenvalue weighted by Gasteiger charge is -2.29. The highest BCUT2D eigenvalue weighted by Crippen LogP contribution is 2.23. The van der Waals surface area contributed by atoms with Crippen LogP contribution >= 0.6 is 23.2 Å². The van der Waals surface area contributed by atoms with E-state index in [1.807, 2.05) is 45.0 Å². The molecule has 2 rings (SSSR count). The second kappa shape index (κ2) is 11.2. The van der Waals surface area contributed by atoms with E-state index in [9.17, 15) is 9.59 Å². The van der Waals surface area contributed by atoms with E-state index in [2.05, 4.69) is 5.32 Å². The van der Waals surface area contributed by atoms with Crippen LogP contribution in [0.1, 0.15) is 31.9 Å². The number of carbonyl (C=O) groups excluding carboxylic acids is 2. The number of nitrogens with one attached hydrogen (secondary N) is 1. The molecule has 0 aromatic heterocycles. The number of nitrogens with zero attached hydrogens (tertiary/aromatic N) is 1. The monoisotopic (exact) mass is 450 g/mol. The molecule has 2 aromatic carbocycles. The predicted octanol–water partition coefficient (Wildman–Crippen LogP) is 4.87. The third-order valence-electron chi connectivity index (χ3n) is 4.65. The van der Waals surface area contributed by atoms with Crippen LogP contribution in [0.15, 0.2) is 42.5 Å². The Morgan fingerprint density at radius 3 is 2.43 bits per heavy atom. The summed E-state index contributed by atoms with van der Waals surface area (Å²) >= 11 is 12.3. The first kappa shape index (κ1) is 24.0. The number of hydrogen-bond donors (Lipinski definition) is 1. The second-order valence-corrected chi connectivity index (χ2v) is 8.47. The van der Waals surface area contributed by atoms with Crippen molar-refractivity contribution in [2.24, 2.45) is 5.92 Å². The lowest BCUT2D eigenvalue weighted by atomic mass is 10.1. The highest BCUT2D eigenvalue weighted by Gasteiger charge is 2.27. The van der Waals surface area contributed by atoms with Crippen molar-refractivity contribution in [1.29, 1.82) is 0 Å². The number of ether oxygens (including phenoxy) is 1. The normalized spacial score (nSPS) is 11.8. The van der Waals surface area contributed by atoms with Crippen LogP contribution in [0, 0.1) is 12.8 Å². The largest absolute Gasteiger partial charge is 0.484 e. The Morgan fingerprint density at radius 2 is 1.80 bits per heavy atom. The van der Waals surface area contributed by atoms with Crippen molar-refractivity contribution in [3.05, 3.63) is 63.6 Å². The Kier molecular flexibility index (Phi) is 9.00. The third-order valence-corrected chi connectivity index (χ3v) is 5.24. The number of rotatable bonds is 9. The standard InChI is InChI=1S/C23H28Cl2N2O3/c1-15(2)12-26-23(29)17(4)27(13-18-9-10-19(24)11-20(18)25)22(28)14-30-21-8-6-5-7-16(21)3/h5-11,15,17H,12-14H2,1-4H3,(H,26,29)/t17-/m0/s1. The maximum Gasteiger partial charge on any atom is 0.261 e. The average molecular weight is 451 g/mol. The minimum atomic E-state index is -0.691. The van der Waals surface area contributed by atoms with Gasteiger partial charge in [0.25, 0.3) is 5.91 Å². The molecule has 2 aromatic rings. The summed E-state index contributed by atoms with van der Waals surface area (Å²) in [6.07, 6.45) is 0. The molecule has 0 spiro atoms. The van der Waals surface area contributed by atoms with Gasteiger partial charge in [-0.3, -0.25) is 9.59 Å². The summed E-state index contributed by atoms with van der Waals surface area (Å²) in [4.78, 5) is 27.2. The van der Waals surface area contributed by atoms with Gasteiger partial charge in [0.1, 0.15) is 11.8 Å². The van der Waals surface area contributed by atoms with Crippen LogP contribution in [0.4, 0.5) is 0 Å². The zero-order valence-corrected chi connectivity index (χ0v) is 19.3. The molecular formula is C23H28Cl2N2O3. The fourth-order valence-corrected chi connectivity index (χ4v) is 3.28. The van der Waals surface area contributed by atoms with Crippen molar-refractivity contribution in [2.75, 3.05) is 13.2 Å². The second-order valence-electron chi connectivity index (χ2n) is 7.63. The van der Waals surface area contributed by atoms with Crippen LogP contribution in [0.2, 0.25) is 10.0 Å². The Hall–Kier alpha value is -2.24. The van der Waals surface area contributed by atoms with Crippen LogP contribution < -0.4 is 10.1 Å². The number of amides is 2. The van der Waals surface area contributed by atoms with E-state index in [-0.39, 0.29) is 25.0 Å². The molecule has 7 heteroatoms. The molecule has 0 aliphatic carbocycles. The minimum Gasteiger partial charge on any atom is -0.484 e. The Labute approximate surface area is 188 Å². The summed E-state index contributed by atoms with van der Waals surface area (Å²) in [5.74, 6) is 0.405. The van der Waals surface area contributed by atoms with Crippen LogP contribution in [0.3, 0.4) is 0 Å². The van der Waals surface area contributed by atoms with E-state index in [0.717, 1.165) is 5.56 Å². The molecule has 0 bridgehead atoms. The number of benzene rings is 2. The van der Waals surface area contributed by atoms with E-state index in [4.69, 9.17) is 27.9 Å². The van der Waals surface area contributed by atoms with Gasteiger partial charge in [0, 0.05) is 23.1 Å². The van der Waals surface area contributed by atoms with E-state index in [0.29, 0.717) is 33.8 Å². The summed E-state index contributed by atoms with van der Waals surface area (Å²) in [5.41, 5.74) is 1.63. The first-order valence-corrected chi connectivity index (χ1v) is 10.6. The fraction of sp³-hybridized carbons (Fsp3) is 0.391. The molecule has 1 atom stereocenters. The summed E-state index contributed by atoms with van der Waals surface area (Å²) in [5, 5.41) is 3.83. The Morgan fingerprint density at radius 1 is 1.10 bits per heavy atom. The Balaban J connectivity index is 2.19. The molecule has 30 heavy (non-hydrogen) atoms. The number of halogens is 2. The summed E-state index contributed by atoms with van der Waals surface area (Å²) in [7, 11) is 0. The van der Waals surface area contributed by atoms with Crippen molar-refractivity contribution in [2.45, 2.75) is 40.3 Å². The maximum atomic E-state index is 13.0. The lowest BCUT2D eigenvalue weighted by Crippen LogP contribution is -2.49. The molecule has 0 radical (unpaired) electrons. The number of para-hydroxylation sites is 1. The van der Waals surface area contributed by atoms with Gasteiger partial charge >= 0.3 is 0 Å². The van der Waals surface area contributed by atoms with Crippen LogP contribution in [-0.2, 0) is 16.1 Å². The molecule has 1 N–H and O–H groups in total. The van der Waals surface area contributed by atoms with E-state index in [1.165, 1.54) is 4.90 Å². The zero-order chi connectivity index (χ0) is 22.3. The fourth-order valence-electron chi connectivity index (χ4n) is 2.81. The first-order chi connectivity index (χ1) is 14.2. The van der Waals surface area contributed by atoms with Gasteiger partial charge in [0.2, 0.25) is 5.91 Å². The van der Waals surface area contributed by atoms with Gasteiger partial charge in [-0.1, -0.05) is 61.3 Å². The van der Waals surface area contributed by atoms with E-state index >= 15 is 0 Å². The predicted molar refractivity (Wildman–Crippen MR) is 121 cm³/mol. The van der Waals surface area contributed by atoms with E-state index in [1.54, 1.807) is 25.1 Å². The summed E-state index contributed by atoms with van der Waals surface area (Å²) in [6, 6.07) is 11.9. The van der Waals surface area contributed by atoms with Gasteiger partial charge in [-0.2, -0.15) is 0 Å². The molecule has 0 fully saturated rings. The molecule has 0 saturated heterocycles. The van der Waals surface area contributed by atoms with Crippen molar-refractivity contribution >= 4 is 35.0 Å². The van der Waals surface area contributed by atoms with Gasteiger partial charge in [-0.25, -0.2) is 0 Å². The quantitative estimate of drug-likeness (QED) is 0.592. The highest BCUT2D eigenvalue weighted by atomic mass is 35.5. The molecule has 5 nitrogen and oxygen atoms in total. The average Bonchev–Trinajstić information content (AvgIpc) is 2.70. The Bertz CT molecular complexity index is 887. The number of aryl methyl sites for hydroxylation is 1. The van der Waals surface area contributed by atoms with Gasteiger partial charge in [0.05, 0.1) is 0 Å². The third kappa shape index (κ3) is 6.92. The van der Waals surface area contributed by atoms with Crippen molar-refractivity contribution < 1.29 is 14.3 Å². The van der Waals surface area contributed by atoms with Gasteiger partial charge in [0.15, 0.2) is 6.61 Å². The number of hydrogen-bond acceptors (Lipinski definition) is 3. The van der Waals surface area contributed by atoms with Crippen LogP contribution in [0.25, 0.3) is 0 Å². The van der Waals surface area contributed by atoms with Gasteiger partial charge in [-0.05, 0) is 49.1 Å². The molecule has 0 heterocycles. The molecule has 0 unspecified atom stereocenters. The molecule has 0 aliphatic heterocycles. The maximum absolute atomic E-state index is 13.0. The van der Waals surface area contributed by atoms with Crippen molar-refractivity contribution in [1.82, 2.24) is 10.2 Å². The van der Waals surface area contributed by atoms with Crippen LogP contribution in [0.5, 0.6) is 5.75 Å².